The molecule has 25 heavy (non-hydrogen) atoms. The van der Waals surface area contributed by atoms with Crippen LogP contribution >= 0.6 is 0 Å². The van der Waals surface area contributed by atoms with Crippen LogP contribution in [0, 0.1) is 0 Å². The highest BCUT2D eigenvalue weighted by atomic mass is 16.3. The Morgan fingerprint density at radius 3 is 2.88 bits per heavy atom. The van der Waals surface area contributed by atoms with Gasteiger partial charge in [-0.15, -0.1) is 0 Å². The van der Waals surface area contributed by atoms with Gasteiger partial charge in [-0.2, -0.15) is 0 Å². The van der Waals surface area contributed by atoms with Crippen LogP contribution in [-0.2, 0) is 24.2 Å². The highest BCUT2D eigenvalue weighted by Crippen LogP contribution is 2.33. The van der Waals surface area contributed by atoms with Gasteiger partial charge >= 0.3 is 5.69 Å². The number of carbonyl (C=O) groups is 1. The summed E-state index contributed by atoms with van der Waals surface area (Å²) in [6.07, 6.45) is 5.10. The minimum Gasteiger partial charge on any atom is -0.493 e. The Morgan fingerprint density at radius 2 is 2.08 bits per heavy atom. The average molecular weight is 338 g/mol. The minimum absolute atomic E-state index is 0.250. The maximum absolute atomic E-state index is 12.5. The molecule has 0 atom stereocenters. The number of aromatic nitrogens is 3. The topological polar surface area (TPSA) is 100 Å². The molecule has 1 amide bonds. The van der Waals surface area contributed by atoms with Crippen molar-refractivity contribution in [2.75, 3.05) is 5.32 Å². The molecule has 4 rings (SSSR count). The number of H-pyrrole nitrogens is 1. The third-order valence-corrected chi connectivity index (χ3v) is 4.58. The van der Waals surface area contributed by atoms with Crippen LogP contribution in [0.4, 0.5) is 5.69 Å². The molecule has 0 aliphatic heterocycles. The number of aromatic amines is 1. The molecule has 2 heterocycles. The molecule has 1 aliphatic carbocycles. The van der Waals surface area contributed by atoms with E-state index in [1.54, 1.807) is 0 Å². The summed E-state index contributed by atoms with van der Waals surface area (Å²) in [5.41, 5.74) is 3.20. The molecule has 3 aromatic rings. The molecule has 1 aliphatic rings. The SMILES string of the molecule is O=C(Cn1c(O)c[nH]c1=O)Nc1c2c(nc3ccccc13)CCCC2. The van der Waals surface area contributed by atoms with Gasteiger partial charge in [-0.1, -0.05) is 18.2 Å². The van der Waals surface area contributed by atoms with E-state index in [-0.39, 0.29) is 18.3 Å². The van der Waals surface area contributed by atoms with E-state index in [9.17, 15) is 14.7 Å². The van der Waals surface area contributed by atoms with Crippen molar-refractivity contribution < 1.29 is 9.90 Å². The quantitative estimate of drug-likeness (QED) is 0.679. The van der Waals surface area contributed by atoms with Crippen molar-refractivity contribution in [2.24, 2.45) is 0 Å². The van der Waals surface area contributed by atoms with E-state index in [4.69, 9.17) is 4.98 Å². The first-order valence-electron chi connectivity index (χ1n) is 8.31. The Morgan fingerprint density at radius 1 is 1.28 bits per heavy atom. The first-order chi connectivity index (χ1) is 12.1. The van der Waals surface area contributed by atoms with Gasteiger partial charge in [-0.3, -0.25) is 14.3 Å². The summed E-state index contributed by atoms with van der Waals surface area (Å²) in [4.78, 5) is 31.2. The summed E-state index contributed by atoms with van der Waals surface area (Å²) in [5.74, 6) is -0.622. The molecule has 3 N–H and O–H groups in total. The fourth-order valence-corrected chi connectivity index (χ4v) is 3.38. The van der Waals surface area contributed by atoms with Gasteiger partial charge in [-0.05, 0) is 37.3 Å². The summed E-state index contributed by atoms with van der Waals surface area (Å²) in [7, 11) is 0. The van der Waals surface area contributed by atoms with Gasteiger partial charge in [0.25, 0.3) is 0 Å². The number of hydrogen-bond acceptors (Lipinski definition) is 4. The number of amides is 1. The van der Waals surface area contributed by atoms with Gasteiger partial charge in [0.15, 0.2) is 0 Å². The predicted octanol–water partition coefficient (Wildman–Crippen LogP) is 1.95. The van der Waals surface area contributed by atoms with Crippen molar-refractivity contribution in [3.8, 4) is 5.88 Å². The van der Waals surface area contributed by atoms with Crippen LogP contribution < -0.4 is 11.0 Å². The molecular formula is C18H18N4O3. The summed E-state index contributed by atoms with van der Waals surface area (Å²) >= 11 is 0. The lowest BCUT2D eigenvalue weighted by Crippen LogP contribution is -2.26. The molecule has 0 radical (unpaired) electrons. The molecule has 7 nitrogen and oxygen atoms in total. The maximum atomic E-state index is 12.5. The van der Waals surface area contributed by atoms with Gasteiger partial charge in [0, 0.05) is 11.1 Å². The molecule has 0 fully saturated rings. The molecule has 0 unspecified atom stereocenters. The van der Waals surface area contributed by atoms with Crippen LogP contribution in [0.5, 0.6) is 5.88 Å². The Bertz CT molecular complexity index is 1020. The summed E-state index contributed by atoms with van der Waals surface area (Å²) < 4.78 is 0.991. The van der Waals surface area contributed by atoms with E-state index in [2.05, 4.69) is 10.3 Å². The second-order valence-corrected chi connectivity index (χ2v) is 6.22. The third kappa shape index (κ3) is 2.77. The second kappa shape index (κ2) is 6.08. The number of anilines is 1. The molecule has 0 saturated carbocycles. The fourth-order valence-electron chi connectivity index (χ4n) is 3.38. The molecule has 0 saturated heterocycles. The zero-order valence-corrected chi connectivity index (χ0v) is 13.6. The Kier molecular flexibility index (Phi) is 3.76. The van der Waals surface area contributed by atoms with Crippen LogP contribution in [0.25, 0.3) is 10.9 Å². The predicted molar refractivity (Wildman–Crippen MR) is 93.7 cm³/mol. The van der Waals surface area contributed by atoms with E-state index < -0.39 is 5.69 Å². The third-order valence-electron chi connectivity index (χ3n) is 4.58. The lowest BCUT2D eigenvalue weighted by molar-refractivity contribution is -0.116. The number of aryl methyl sites for hydroxylation is 1. The van der Waals surface area contributed by atoms with E-state index in [1.165, 1.54) is 6.20 Å². The zero-order valence-electron chi connectivity index (χ0n) is 13.6. The van der Waals surface area contributed by atoms with Gasteiger partial charge < -0.3 is 15.4 Å². The number of benzene rings is 1. The Balaban J connectivity index is 1.73. The number of aromatic hydroxyl groups is 1. The van der Waals surface area contributed by atoms with E-state index in [0.29, 0.717) is 0 Å². The van der Waals surface area contributed by atoms with Crippen LogP contribution in [0.2, 0.25) is 0 Å². The monoisotopic (exact) mass is 338 g/mol. The summed E-state index contributed by atoms with van der Waals surface area (Å²) in [5, 5.41) is 13.5. The van der Waals surface area contributed by atoms with Gasteiger partial charge in [-0.25, -0.2) is 4.79 Å². The van der Waals surface area contributed by atoms with Crippen molar-refractivity contribution in [3.05, 3.63) is 52.2 Å². The van der Waals surface area contributed by atoms with Crippen molar-refractivity contribution >= 4 is 22.5 Å². The van der Waals surface area contributed by atoms with Crippen molar-refractivity contribution in [1.82, 2.24) is 14.5 Å². The second-order valence-electron chi connectivity index (χ2n) is 6.22. The molecule has 7 heteroatoms. The number of nitrogens with one attached hydrogen (secondary N) is 2. The van der Waals surface area contributed by atoms with Crippen LogP contribution in [-0.4, -0.2) is 25.5 Å². The number of para-hydroxylation sites is 1. The van der Waals surface area contributed by atoms with Crippen molar-refractivity contribution in [2.45, 2.75) is 32.2 Å². The largest absolute Gasteiger partial charge is 0.493 e. The lowest BCUT2D eigenvalue weighted by Gasteiger charge is -2.21. The van der Waals surface area contributed by atoms with Gasteiger partial charge in [0.05, 0.1) is 17.4 Å². The maximum Gasteiger partial charge on any atom is 0.328 e. The lowest BCUT2D eigenvalue weighted by atomic mass is 9.92. The smallest absolute Gasteiger partial charge is 0.328 e. The first kappa shape index (κ1) is 15.4. The van der Waals surface area contributed by atoms with Gasteiger partial charge in [0.1, 0.15) is 6.54 Å². The standard InChI is InChI=1S/C18H18N4O3/c23-15(10-22-16(24)9-19-18(22)25)21-17-11-5-1-3-7-13(11)20-14-8-4-2-6-12(14)17/h1,3,5,7,9,24H,2,4,6,8,10H2,(H,19,25)(H,20,21,23). The summed E-state index contributed by atoms with van der Waals surface area (Å²) in [6, 6.07) is 7.71. The van der Waals surface area contributed by atoms with E-state index >= 15 is 0 Å². The fraction of sp³-hybridized carbons (Fsp3) is 0.278. The highest BCUT2D eigenvalue weighted by molar-refractivity contribution is 6.02. The van der Waals surface area contributed by atoms with Crippen LogP contribution in [0.15, 0.2) is 35.3 Å². The first-order valence-corrected chi connectivity index (χ1v) is 8.31. The highest BCUT2D eigenvalue weighted by Gasteiger charge is 2.20. The minimum atomic E-state index is -0.519. The normalized spacial score (nSPS) is 13.6. The Hall–Kier alpha value is -3.09. The number of carbonyl (C=O) groups excluding carboxylic acids is 1. The number of nitrogens with zero attached hydrogens (tertiary/aromatic N) is 2. The van der Waals surface area contributed by atoms with Crippen LogP contribution in [0.1, 0.15) is 24.1 Å². The zero-order chi connectivity index (χ0) is 17.4. The average Bonchev–Trinajstić information content (AvgIpc) is 2.93. The molecule has 0 spiro atoms. The van der Waals surface area contributed by atoms with Crippen molar-refractivity contribution in [1.29, 1.82) is 0 Å². The van der Waals surface area contributed by atoms with Crippen molar-refractivity contribution in [3.63, 3.8) is 0 Å². The van der Waals surface area contributed by atoms with E-state index in [0.717, 1.165) is 58.1 Å². The number of hydrogen-bond donors (Lipinski definition) is 3. The molecule has 1 aromatic carbocycles. The molecule has 0 bridgehead atoms. The van der Waals surface area contributed by atoms with E-state index in [1.807, 2.05) is 24.3 Å². The number of pyridine rings is 1. The number of imidazole rings is 1. The number of fused-ring (bicyclic) bond motifs is 2. The van der Waals surface area contributed by atoms with Gasteiger partial charge in [0.2, 0.25) is 11.8 Å². The number of rotatable bonds is 3. The Labute approximate surface area is 143 Å². The molecule has 128 valence electrons. The molecular weight excluding hydrogens is 320 g/mol. The molecule has 2 aromatic heterocycles. The van der Waals surface area contributed by atoms with Crippen LogP contribution in [0.3, 0.4) is 0 Å². The summed E-state index contributed by atoms with van der Waals surface area (Å²) in [6.45, 7) is -0.250.